The second-order valence-corrected chi connectivity index (χ2v) is 8.84. The Morgan fingerprint density at radius 1 is 1.08 bits per heavy atom. The van der Waals surface area contributed by atoms with Crippen molar-refractivity contribution < 1.29 is 14.7 Å². The number of anilines is 1. The van der Waals surface area contributed by atoms with Gasteiger partial charge in [-0.3, -0.25) is 9.59 Å². The van der Waals surface area contributed by atoms with Crippen molar-refractivity contribution in [3.8, 4) is 6.07 Å². The number of carboxylic acids is 1. The zero-order chi connectivity index (χ0) is 18.6. The number of hydrogen-bond acceptors (Lipinski definition) is 4. The van der Waals surface area contributed by atoms with Gasteiger partial charge >= 0.3 is 5.97 Å². The summed E-state index contributed by atoms with van der Waals surface area (Å²) in [6.45, 7) is 0. The summed E-state index contributed by atoms with van der Waals surface area (Å²) in [4.78, 5) is 25.2. The van der Waals surface area contributed by atoms with E-state index in [9.17, 15) is 20.0 Å². The predicted octanol–water partition coefficient (Wildman–Crippen LogP) is 4.64. The van der Waals surface area contributed by atoms with Crippen LogP contribution in [0.25, 0.3) is 0 Å². The zero-order valence-corrected chi connectivity index (χ0v) is 15.9. The van der Waals surface area contributed by atoms with Crippen LogP contribution >= 0.6 is 11.3 Å². The Morgan fingerprint density at radius 3 is 2.46 bits per heavy atom. The first-order valence-corrected chi connectivity index (χ1v) is 10.4. The Hall–Kier alpha value is -1.87. The van der Waals surface area contributed by atoms with Gasteiger partial charge in [-0.05, 0) is 49.5 Å². The molecule has 1 aromatic heterocycles. The number of carbonyl (C=O) groups excluding carboxylic acids is 1. The molecule has 2 aliphatic carbocycles. The third-order valence-corrected chi connectivity index (χ3v) is 6.97. The molecule has 0 atom stereocenters. The van der Waals surface area contributed by atoms with E-state index in [2.05, 4.69) is 11.4 Å². The van der Waals surface area contributed by atoms with Crippen LogP contribution in [0.3, 0.4) is 0 Å². The Morgan fingerprint density at radius 2 is 1.77 bits per heavy atom. The Kier molecular flexibility index (Phi) is 5.98. The van der Waals surface area contributed by atoms with Gasteiger partial charge in [0, 0.05) is 11.3 Å². The number of rotatable bonds is 5. The maximum atomic E-state index is 12.7. The largest absolute Gasteiger partial charge is 0.481 e. The first-order valence-electron chi connectivity index (χ1n) is 9.59. The zero-order valence-electron chi connectivity index (χ0n) is 15.1. The molecule has 0 saturated heterocycles. The second kappa shape index (κ2) is 8.22. The molecule has 1 amide bonds. The van der Waals surface area contributed by atoms with Gasteiger partial charge in [0.25, 0.3) is 0 Å². The van der Waals surface area contributed by atoms with Crippen molar-refractivity contribution in [2.75, 3.05) is 5.32 Å². The van der Waals surface area contributed by atoms with E-state index in [1.54, 1.807) is 0 Å². The van der Waals surface area contributed by atoms with Crippen molar-refractivity contribution in [1.29, 1.82) is 5.26 Å². The predicted molar refractivity (Wildman–Crippen MR) is 101 cm³/mol. The molecule has 0 radical (unpaired) electrons. The van der Waals surface area contributed by atoms with Crippen molar-refractivity contribution in [1.82, 2.24) is 0 Å². The standard InChI is InChI=1S/C20H26N2O3S/c21-13-15-14-7-3-1-4-8-16(14)26-19(15)22-17(23)11-20(12-18(24)25)9-5-2-6-10-20/h1-12H2,(H,22,23)(H,24,25). The minimum atomic E-state index is -0.833. The fraction of sp³-hybridized carbons (Fsp3) is 0.650. The second-order valence-electron chi connectivity index (χ2n) is 7.74. The number of carbonyl (C=O) groups is 2. The summed E-state index contributed by atoms with van der Waals surface area (Å²) >= 11 is 1.53. The third kappa shape index (κ3) is 4.27. The molecule has 2 N–H and O–H groups in total. The molecule has 5 nitrogen and oxygen atoms in total. The molecule has 26 heavy (non-hydrogen) atoms. The van der Waals surface area contributed by atoms with E-state index in [0.29, 0.717) is 10.6 Å². The smallest absolute Gasteiger partial charge is 0.303 e. The van der Waals surface area contributed by atoms with Gasteiger partial charge in [-0.25, -0.2) is 0 Å². The van der Waals surface area contributed by atoms with Gasteiger partial charge in [-0.15, -0.1) is 11.3 Å². The minimum absolute atomic E-state index is 0.0481. The highest BCUT2D eigenvalue weighted by atomic mass is 32.1. The lowest BCUT2D eigenvalue weighted by molar-refractivity contribution is -0.140. The number of hydrogen-bond donors (Lipinski definition) is 2. The van der Waals surface area contributed by atoms with Gasteiger partial charge in [0.15, 0.2) is 0 Å². The van der Waals surface area contributed by atoms with Crippen molar-refractivity contribution in [3.63, 3.8) is 0 Å². The van der Waals surface area contributed by atoms with Gasteiger partial charge in [0.05, 0.1) is 12.0 Å². The van der Waals surface area contributed by atoms with Crippen LogP contribution in [0.4, 0.5) is 5.00 Å². The molecular formula is C20H26N2O3S. The van der Waals surface area contributed by atoms with Crippen LogP contribution < -0.4 is 5.32 Å². The molecule has 0 bridgehead atoms. The number of nitrogens with one attached hydrogen (secondary N) is 1. The number of amides is 1. The first kappa shape index (κ1) is 18.9. The van der Waals surface area contributed by atoms with E-state index >= 15 is 0 Å². The first-order chi connectivity index (χ1) is 12.5. The van der Waals surface area contributed by atoms with Crippen LogP contribution in [-0.2, 0) is 22.4 Å². The molecule has 140 valence electrons. The number of thiophene rings is 1. The summed E-state index contributed by atoms with van der Waals surface area (Å²) in [5, 5.41) is 22.5. The molecule has 1 heterocycles. The molecule has 6 heteroatoms. The lowest BCUT2D eigenvalue weighted by Crippen LogP contribution is -2.32. The number of aryl methyl sites for hydroxylation is 1. The van der Waals surface area contributed by atoms with Crippen LogP contribution in [0, 0.1) is 16.7 Å². The fourth-order valence-electron chi connectivity index (χ4n) is 4.50. The van der Waals surface area contributed by atoms with Gasteiger partial charge in [0.2, 0.25) is 5.91 Å². The minimum Gasteiger partial charge on any atom is -0.481 e. The van der Waals surface area contributed by atoms with E-state index in [-0.39, 0.29) is 18.7 Å². The highest BCUT2D eigenvalue weighted by molar-refractivity contribution is 7.16. The van der Waals surface area contributed by atoms with E-state index in [4.69, 9.17) is 0 Å². The quantitative estimate of drug-likeness (QED) is 0.735. The number of carboxylic acid groups (broad SMARTS) is 1. The summed E-state index contributed by atoms with van der Waals surface area (Å²) in [7, 11) is 0. The maximum Gasteiger partial charge on any atom is 0.303 e. The van der Waals surface area contributed by atoms with Crippen LogP contribution in [0.15, 0.2) is 0 Å². The van der Waals surface area contributed by atoms with Crippen molar-refractivity contribution in [2.45, 2.75) is 77.0 Å². The summed E-state index contributed by atoms with van der Waals surface area (Å²) in [6, 6.07) is 2.28. The number of nitriles is 1. The molecule has 0 spiro atoms. The summed E-state index contributed by atoms with van der Waals surface area (Å²) < 4.78 is 0. The van der Waals surface area contributed by atoms with Crippen LogP contribution in [0.1, 0.15) is 80.2 Å². The van der Waals surface area contributed by atoms with Gasteiger partial charge in [0.1, 0.15) is 11.1 Å². The van der Waals surface area contributed by atoms with Crippen molar-refractivity contribution in [3.05, 3.63) is 16.0 Å². The molecule has 3 rings (SSSR count). The average molecular weight is 375 g/mol. The normalized spacial score (nSPS) is 19.0. The molecule has 1 saturated carbocycles. The molecule has 0 aromatic carbocycles. The topological polar surface area (TPSA) is 90.2 Å². The average Bonchev–Trinajstić information content (AvgIpc) is 2.75. The van der Waals surface area contributed by atoms with Crippen molar-refractivity contribution >= 4 is 28.2 Å². The lowest BCUT2D eigenvalue weighted by atomic mass is 9.69. The van der Waals surface area contributed by atoms with Crippen LogP contribution in [0.2, 0.25) is 0 Å². The van der Waals surface area contributed by atoms with Gasteiger partial charge < -0.3 is 10.4 Å². The summed E-state index contributed by atoms with van der Waals surface area (Å²) in [6.07, 6.45) is 10.2. The number of fused-ring (bicyclic) bond motifs is 1. The molecule has 1 aromatic rings. The van der Waals surface area contributed by atoms with Crippen LogP contribution in [-0.4, -0.2) is 17.0 Å². The monoisotopic (exact) mass is 374 g/mol. The molecule has 0 unspecified atom stereocenters. The Labute approximate surface area is 158 Å². The van der Waals surface area contributed by atoms with Gasteiger partial charge in [-0.1, -0.05) is 25.7 Å². The molecule has 2 aliphatic rings. The Balaban J connectivity index is 1.75. The summed E-state index contributed by atoms with van der Waals surface area (Å²) in [5.74, 6) is -0.985. The molecular weight excluding hydrogens is 348 g/mol. The maximum absolute atomic E-state index is 12.7. The highest BCUT2D eigenvalue weighted by Crippen LogP contribution is 2.43. The Bertz CT molecular complexity index is 726. The molecule has 1 fully saturated rings. The van der Waals surface area contributed by atoms with E-state index < -0.39 is 11.4 Å². The van der Waals surface area contributed by atoms with Crippen molar-refractivity contribution in [2.24, 2.45) is 5.41 Å². The summed E-state index contributed by atoms with van der Waals surface area (Å²) in [5.41, 5.74) is 1.30. The fourth-order valence-corrected chi connectivity index (χ4v) is 5.75. The number of nitrogens with zero attached hydrogens (tertiary/aromatic N) is 1. The SMILES string of the molecule is N#Cc1c(NC(=O)CC2(CC(=O)O)CCCCC2)sc2c1CCCCC2. The number of aliphatic carboxylic acids is 1. The van der Waals surface area contributed by atoms with Gasteiger partial charge in [-0.2, -0.15) is 5.26 Å². The molecule has 0 aliphatic heterocycles. The van der Waals surface area contributed by atoms with E-state index in [1.165, 1.54) is 22.6 Å². The van der Waals surface area contributed by atoms with Crippen LogP contribution in [0.5, 0.6) is 0 Å². The lowest BCUT2D eigenvalue weighted by Gasteiger charge is -2.35. The highest BCUT2D eigenvalue weighted by Gasteiger charge is 2.36. The van der Waals surface area contributed by atoms with E-state index in [1.807, 2.05) is 0 Å². The van der Waals surface area contributed by atoms with E-state index in [0.717, 1.165) is 63.4 Å². The third-order valence-electron chi connectivity index (χ3n) is 5.76.